The Labute approximate surface area is 145 Å². The number of carbonyl (C=O) groups excluding carboxylic acids is 2. The van der Waals surface area contributed by atoms with E-state index < -0.39 is 0 Å². The largest absolute Gasteiger partial charge is 0.351 e. The zero-order chi connectivity index (χ0) is 17.3. The molecule has 6 heteroatoms. The molecule has 0 radical (unpaired) electrons. The molecule has 0 fully saturated rings. The summed E-state index contributed by atoms with van der Waals surface area (Å²) in [6.45, 7) is 6.68. The first kappa shape index (κ1) is 16.6. The lowest BCUT2D eigenvalue weighted by molar-refractivity contribution is -0.121. The lowest BCUT2D eigenvalue weighted by Gasteiger charge is -2.11. The highest BCUT2D eigenvalue weighted by molar-refractivity contribution is 7.11. The van der Waals surface area contributed by atoms with Gasteiger partial charge in [0.05, 0.1) is 29.7 Å². The third-order valence-corrected chi connectivity index (χ3v) is 5.58. The van der Waals surface area contributed by atoms with Gasteiger partial charge in [0.15, 0.2) is 0 Å². The summed E-state index contributed by atoms with van der Waals surface area (Å²) >= 11 is 1.65. The molecule has 5 nitrogen and oxygen atoms in total. The Kier molecular flexibility index (Phi) is 4.66. The van der Waals surface area contributed by atoms with Crippen molar-refractivity contribution in [3.8, 4) is 0 Å². The van der Waals surface area contributed by atoms with Crippen LogP contribution in [0.1, 0.15) is 63.7 Å². The van der Waals surface area contributed by atoms with Gasteiger partial charge >= 0.3 is 0 Å². The average Bonchev–Trinajstić information content (AvgIpc) is 3.07. The minimum atomic E-state index is -0.248. The molecule has 1 aliphatic rings. The third-order valence-electron chi connectivity index (χ3n) is 4.12. The summed E-state index contributed by atoms with van der Waals surface area (Å²) in [6.07, 6.45) is 0.248. The summed E-state index contributed by atoms with van der Waals surface area (Å²) in [7, 11) is 0. The lowest BCUT2D eigenvalue weighted by Crippen LogP contribution is -2.28. The van der Waals surface area contributed by atoms with Crippen LogP contribution in [0.15, 0.2) is 24.3 Å². The monoisotopic (exact) mass is 343 g/mol. The quantitative estimate of drug-likeness (QED) is 0.876. The normalized spacial score (nSPS) is 16.2. The van der Waals surface area contributed by atoms with Gasteiger partial charge < -0.3 is 10.6 Å². The summed E-state index contributed by atoms with van der Waals surface area (Å²) in [6, 6.07) is 7.16. The third kappa shape index (κ3) is 3.33. The SMILES string of the molecule is Cc1nc(C(C)C)sc1CNC(=O)C[C@H]1NC(=O)c2ccccc21. The fourth-order valence-electron chi connectivity index (χ4n) is 2.78. The number of fused-ring (bicyclic) bond motifs is 1. The van der Waals surface area contributed by atoms with Gasteiger partial charge in [0.2, 0.25) is 5.91 Å². The van der Waals surface area contributed by atoms with Crippen LogP contribution in [0, 0.1) is 6.92 Å². The number of aryl methyl sites for hydroxylation is 1. The minimum Gasteiger partial charge on any atom is -0.351 e. The molecular formula is C18H21N3O2S. The zero-order valence-electron chi connectivity index (χ0n) is 14.1. The molecule has 2 heterocycles. The maximum absolute atomic E-state index is 12.3. The molecular weight excluding hydrogens is 322 g/mol. The maximum atomic E-state index is 12.3. The summed E-state index contributed by atoms with van der Waals surface area (Å²) in [5.74, 6) is 0.211. The van der Waals surface area contributed by atoms with Crippen molar-refractivity contribution in [1.29, 1.82) is 0 Å². The molecule has 0 spiro atoms. The number of thiazole rings is 1. The van der Waals surface area contributed by atoms with Crippen LogP contribution in [-0.4, -0.2) is 16.8 Å². The molecule has 0 saturated carbocycles. The van der Waals surface area contributed by atoms with Crippen molar-refractivity contribution in [1.82, 2.24) is 15.6 Å². The Hall–Kier alpha value is -2.21. The van der Waals surface area contributed by atoms with E-state index in [1.807, 2.05) is 25.1 Å². The van der Waals surface area contributed by atoms with E-state index in [1.165, 1.54) is 0 Å². The van der Waals surface area contributed by atoms with Crippen molar-refractivity contribution >= 4 is 23.2 Å². The number of nitrogens with one attached hydrogen (secondary N) is 2. The zero-order valence-corrected chi connectivity index (χ0v) is 14.9. The standard InChI is InChI=1S/C18H21N3O2S/c1-10(2)18-20-11(3)15(24-18)9-19-16(22)8-14-12-6-4-5-7-13(12)17(23)21-14/h4-7,10,14H,8-9H2,1-3H3,(H,19,22)(H,21,23)/t14-/m1/s1. The fourth-order valence-corrected chi connectivity index (χ4v) is 3.79. The van der Waals surface area contributed by atoms with Gasteiger partial charge in [-0.05, 0) is 18.6 Å². The van der Waals surface area contributed by atoms with Crippen molar-refractivity contribution in [2.24, 2.45) is 0 Å². The maximum Gasteiger partial charge on any atom is 0.252 e. The molecule has 2 N–H and O–H groups in total. The van der Waals surface area contributed by atoms with Gasteiger partial charge in [-0.2, -0.15) is 0 Å². The number of nitrogens with zero attached hydrogens (tertiary/aromatic N) is 1. The molecule has 2 amide bonds. The molecule has 0 saturated heterocycles. The number of hydrogen-bond acceptors (Lipinski definition) is 4. The van der Waals surface area contributed by atoms with E-state index in [1.54, 1.807) is 17.4 Å². The molecule has 3 rings (SSSR count). The fraction of sp³-hybridized carbons (Fsp3) is 0.389. The predicted octanol–water partition coefficient (Wildman–Crippen LogP) is 3.07. The number of rotatable bonds is 5. The van der Waals surface area contributed by atoms with E-state index in [4.69, 9.17) is 0 Å². The van der Waals surface area contributed by atoms with Crippen molar-refractivity contribution in [3.63, 3.8) is 0 Å². The molecule has 126 valence electrons. The topological polar surface area (TPSA) is 71.1 Å². The average molecular weight is 343 g/mol. The number of aromatic nitrogens is 1. The lowest BCUT2D eigenvalue weighted by atomic mass is 10.0. The Morgan fingerprint density at radius 3 is 2.83 bits per heavy atom. The Morgan fingerprint density at radius 2 is 2.12 bits per heavy atom. The first-order valence-corrected chi connectivity index (χ1v) is 8.90. The second kappa shape index (κ2) is 6.73. The molecule has 1 atom stereocenters. The van der Waals surface area contributed by atoms with Crippen molar-refractivity contribution in [2.75, 3.05) is 0 Å². The van der Waals surface area contributed by atoms with E-state index in [9.17, 15) is 9.59 Å². The molecule has 0 bridgehead atoms. The second-order valence-corrected chi connectivity index (χ2v) is 7.42. The Bertz CT molecular complexity index is 782. The van der Waals surface area contributed by atoms with Crippen LogP contribution in [0.4, 0.5) is 0 Å². The van der Waals surface area contributed by atoms with Gasteiger partial charge in [-0.3, -0.25) is 9.59 Å². The van der Waals surface area contributed by atoms with Gasteiger partial charge in [0.1, 0.15) is 0 Å². The van der Waals surface area contributed by atoms with Crippen LogP contribution < -0.4 is 10.6 Å². The summed E-state index contributed by atoms with van der Waals surface area (Å²) in [4.78, 5) is 29.8. The van der Waals surface area contributed by atoms with E-state index in [0.717, 1.165) is 21.1 Å². The number of amides is 2. The second-order valence-electron chi connectivity index (χ2n) is 6.31. The predicted molar refractivity (Wildman–Crippen MR) is 94.1 cm³/mol. The van der Waals surface area contributed by atoms with Crippen LogP contribution in [0.25, 0.3) is 0 Å². The molecule has 0 unspecified atom stereocenters. The van der Waals surface area contributed by atoms with Crippen LogP contribution in [0.3, 0.4) is 0 Å². The molecule has 0 aliphatic carbocycles. The van der Waals surface area contributed by atoms with Gasteiger partial charge in [0.25, 0.3) is 5.91 Å². The number of hydrogen-bond donors (Lipinski definition) is 2. The first-order chi connectivity index (χ1) is 11.5. The molecule has 2 aromatic rings. The molecule has 1 aromatic heterocycles. The minimum absolute atomic E-state index is 0.0732. The number of benzene rings is 1. The first-order valence-electron chi connectivity index (χ1n) is 8.08. The summed E-state index contributed by atoms with van der Waals surface area (Å²) in [5.41, 5.74) is 2.53. The van der Waals surface area contributed by atoms with E-state index >= 15 is 0 Å². The molecule has 1 aliphatic heterocycles. The van der Waals surface area contributed by atoms with Gasteiger partial charge in [0, 0.05) is 16.4 Å². The van der Waals surface area contributed by atoms with Crippen LogP contribution >= 0.6 is 11.3 Å². The van der Waals surface area contributed by atoms with Crippen molar-refractivity contribution in [3.05, 3.63) is 51.0 Å². The van der Waals surface area contributed by atoms with Crippen LogP contribution in [-0.2, 0) is 11.3 Å². The number of carbonyl (C=O) groups is 2. The van der Waals surface area contributed by atoms with Gasteiger partial charge in [-0.25, -0.2) is 4.98 Å². The van der Waals surface area contributed by atoms with Crippen molar-refractivity contribution in [2.45, 2.75) is 45.7 Å². The van der Waals surface area contributed by atoms with E-state index in [-0.39, 0.29) is 24.3 Å². The van der Waals surface area contributed by atoms with Crippen LogP contribution in [0.2, 0.25) is 0 Å². The highest BCUT2D eigenvalue weighted by atomic mass is 32.1. The van der Waals surface area contributed by atoms with E-state index in [2.05, 4.69) is 29.5 Å². The smallest absolute Gasteiger partial charge is 0.252 e. The van der Waals surface area contributed by atoms with E-state index in [0.29, 0.717) is 18.0 Å². The molecule has 24 heavy (non-hydrogen) atoms. The Balaban J connectivity index is 1.60. The Morgan fingerprint density at radius 1 is 1.38 bits per heavy atom. The van der Waals surface area contributed by atoms with Crippen molar-refractivity contribution < 1.29 is 9.59 Å². The van der Waals surface area contributed by atoms with Crippen LogP contribution in [0.5, 0.6) is 0 Å². The van der Waals surface area contributed by atoms with Gasteiger partial charge in [-0.1, -0.05) is 32.0 Å². The summed E-state index contributed by atoms with van der Waals surface area (Å²) < 4.78 is 0. The highest BCUT2D eigenvalue weighted by Gasteiger charge is 2.29. The van der Waals surface area contributed by atoms with Gasteiger partial charge in [-0.15, -0.1) is 11.3 Å². The molecule has 1 aromatic carbocycles. The highest BCUT2D eigenvalue weighted by Crippen LogP contribution is 2.28. The summed E-state index contributed by atoms with van der Waals surface area (Å²) in [5, 5.41) is 6.91.